The van der Waals surface area contributed by atoms with Crippen LogP contribution < -0.4 is 5.32 Å². The van der Waals surface area contributed by atoms with Gasteiger partial charge >= 0.3 is 7.82 Å². The number of nitrogens with zero attached hydrogens (tertiary/aromatic N) is 1. The maximum Gasteiger partial charge on any atom is 0.472 e. The quantitative estimate of drug-likeness (QED) is 0.0252. The molecule has 0 radical (unpaired) electrons. The molecule has 304 valence electrons. The minimum atomic E-state index is -4.33. The Morgan fingerprint density at radius 1 is 0.673 bits per heavy atom. The van der Waals surface area contributed by atoms with Gasteiger partial charge < -0.3 is 19.8 Å². The second-order valence-corrected chi connectivity index (χ2v) is 16.8. The van der Waals surface area contributed by atoms with Gasteiger partial charge in [-0.2, -0.15) is 0 Å². The van der Waals surface area contributed by atoms with E-state index in [0.717, 1.165) is 44.9 Å². The fraction of sp³-hybridized carbons (Fsp3) is 0.791. The smallest absolute Gasteiger partial charge is 0.391 e. The first kappa shape index (κ1) is 50.5. The molecule has 0 aromatic carbocycles. The van der Waals surface area contributed by atoms with E-state index in [9.17, 15) is 19.4 Å². The van der Waals surface area contributed by atoms with Gasteiger partial charge in [0.25, 0.3) is 0 Å². The Labute approximate surface area is 320 Å². The van der Waals surface area contributed by atoms with Crippen LogP contribution in [0, 0.1) is 0 Å². The van der Waals surface area contributed by atoms with Crippen LogP contribution in [0.2, 0.25) is 0 Å². The molecule has 0 fully saturated rings. The molecule has 3 unspecified atom stereocenters. The summed E-state index contributed by atoms with van der Waals surface area (Å²) in [5, 5.41) is 13.9. The third-order valence-electron chi connectivity index (χ3n) is 9.10. The molecular weight excluding hydrogens is 671 g/mol. The molecule has 0 spiro atoms. The van der Waals surface area contributed by atoms with Gasteiger partial charge in [-0.15, -0.1) is 0 Å². The number of allylic oxidation sites excluding steroid dienone is 8. The molecule has 0 aliphatic heterocycles. The molecule has 8 nitrogen and oxygen atoms in total. The van der Waals surface area contributed by atoms with Gasteiger partial charge in [0.1, 0.15) is 13.2 Å². The van der Waals surface area contributed by atoms with Crippen molar-refractivity contribution in [2.45, 2.75) is 180 Å². The molecular formula is C43H82N2O6P+. The van der Waals surface area contributed by atoms with Gasteiger partial charge in [0.2, 0.25) is 5.91 Å². The Kier molecular flexibility index (Phi) is 34.1. The largest absolute Gasteiger partial charge is 0.472 e. The lowest BCUT2D eigenvalue weighted by molar-refractivity contribution is -0.870. The molecule has 9 heteroatoms. The van der Waals surface area contributed by atoms with E-state index in [0.29, 0.717) is 23.9 Å². The molecule has 3 atom stereocenters. The van der Waals surface area contributed by atoms with E-state index in [-0.39, 0.29) is 25.5 Å². The van der Waals surface area contributed by atoms with Crippen molar-refractivity contribution in [3.63, 3.8) is 0 Å². The molecule has 0 rings (SSSR count). The Hall–Kier alpha value is -1.54. The zero-order chi connectivity index (χ0) is 38.6. The van der Waals surface area contributed by atoms with Crippen LogP contribution in [0.15, 0.2) is 48.6 Å². The molecule has 0 saturated carbocycles. The van der Waals surface area contributed by atoms with Crippen molar-refractivity contribution < 1.29 is 32.9 Å². The van der Waals surface area contributed by atoms with Crippen molar-refractivity contribution in [3.05, 3.63) is 48.6 Å². The normalized spacial score (nSPS) is 15.0. The number of carbonyl (C=O) groups is 1. The highest BCUT2D eigenvalue weighted by Gasteiger charge is 2.28. The average molecular weight is 754 g/mol. The number of amides is 1. The lowest BCUT2D eigenvalue weighted by Crippen LogP contribution is -2.46. The SMILES string of the molecule is CC/C=C\C/C=C\C/C=C\C/C=C\CCC(=O)NC(COP(=O)(O)OCC[N+](C)(C)C)C(O)CCCCCCCCCCCCCCCCCCC. The van der Waals surface area contributed by atoms with E-state index in [2.05, 4.69) is 55.6 Å². The van der Waals surface area contributed by atoms with Gasteiger partial charge in [-0.1, -0.05) is 172 Å². The molecule has 3 N–H and O–H groups in total. The van der Waals surface area contributed by atoms with Crippen LogP contribution in [0.3, 0.4) is 0 Å². The fourth-order valence-electron chi connectivity index (χ4n) is 5.76. The standard InChI is InChI=1S/C43H81N2O6P/c1-6-8-10-12-14-16-18-20-21-22-23-25-26-28-30-32-34-36-42(46)41(40-51-52(48,49)50-39-38-45(3,4)5)44-43(47)37-35-33-31-29-27-24-19-17-15-13-11-9-7-2/h9,11,15,17,24,27,31,33,41-42,46H,6-8,10,12-14,16,18-23,25-26,28-30,32,34-40H2,1-5H3,(H-,44,47,48,49)/p+1/b11-9-,17-15-,27-24-,33-31-. The third kappa shape index (κ3) is 36.8. The number of unbranched alkanes of at least 4 members (excludes halogenated alkanes) is 16. The Balaban J connectivity index is 4.49. The number of aliphatic hydroxyl groups is 1. The molecule has 0 aliphatic rings. The number of quaternary nitrogens is 1. The summed E-state index contributed by atoms with van der Waals surface area (Å²) >= 11 is 0. The van der Waals surface area contributed by atoms with Crippen LogP contribution in [0.25, 0.3) is 0 Å². The summed E-state index contributed by atoms with van der Waals surface area (Å²) in [6.07, 6.45) is 43.0. The number of hydrogen-bond donors (Lipinski definition) is 3. The van der Waals surface area contributed by atoms with E-state index >= 15 is 0 Å². The van der Waals surface area contributed by atoms with E-state index in [1.165, 1.54) is 89.9 Å². The van der Waals surface area contributed by atoms with Crippen molar-refractivity contribution in [2.75, 3.05) is 40.9 Å². The second-order valence-electron chi connectivity index (χ2n) is 15.3. The van der Waals surface area contributed by atoms with Crippen molar-refractivity contribution in [1.29, 1.82) is 0 Å². The molecule has 0 aromatic rings. The van der Waals surface area contributed by atoms with Crippen LogP contribution in [0.1, 0.15) is 168 Å². The van der Waals surface area contributed by atoms with E-state index in [4.69, 9.17) is 9.05 Å². The first-order valence-electron chi connectivity index (χ1n) is 21.0. The summed E-state index contributed by atoms with van der Waals surface area (Å²) in [5.74, 6) is -0.226. The average Bonchev–Trinajstić information content (AvgIpc) is 3.09. The van der Waals surface area contributed by atoms with Crippen LogP contribution >= 0.6 is 7.82 Å². The minimum absolute atomic E-state index is 0.0605. The zero-order valence-electron chi connectivity index (χ0n) is 34.3. The predicted molar refractivity (Wildman–Crippen MR) is 221 cm³/mol. The van der Waals surface area contributed by atoms with Crippen molar-refractivity contribution in [2.24, 2.45) is 0 Å². The molecule has 0 saturated heterocycles. The van der Waals surface area contributed by atoms with Crippen LogP contribution in [0.4, 0.5) is 0 Å². The third-order valence-corrected chi connectivity index (χ3v) is 10.1. The zero-order valence-corrected chi connectivity index (χ0v) is 35.2. The second kappa shape index (κ2) is 35.2. The van der Waals surface area contributed by atoms with Crippen molar-refractivity contribution in [1.82, 2.24) is 5.32 Å². The van der Waals surface area contributed by atoms with Gasteiger partial charge in [-0.05, 0) is 38.5 Å². The minimum Gasteiger partial charge on any atom is -0.391 e. The van der Waals surface area contributed by atoms with E-state index in [1.54, 1.807) is 0 Å². The molecule has 0 heterocycles. The first-order chi connectivity index (χ1) is 25.0. The predicted octanol–water partition coefficient (Wildman–Crippen LogP) is 11.3. The number of phosphoric acid groups is 1. The number of likely N-dealkylation sites (N-methyl/N-ethyl adjacent to an activating group) is 1. The summed E-state index contributed by atoms with van der Waals surface area (Å²) in [6, 6.07) is -0.798. The number of phosphoric ester groups is 1. The van der Waals surface area contributed by atoms with Crippen LogP contribution in [0.5, 0.6) is 0 Å². The highest BCUT2D eigenvalue weighted by molar-refractivity contribution is 7.47. The van der Waals surface area contributed by atoms with Gasteiger partial charge in [0.05, 0.1) is 39.9 Å². The van der Waals surface area contributed by atoms with Crippen molar-refractivity contribution in [3.8, 4) is 0 Å². The van der Waals surface area contributed by atoms with Gasteiger partial charge in [-0.25, -0.2) is 4.57 Å². The van der Waals surface area contributed by atoms with Crippen LogP contribution in [-0.4, -0.2) is 73.4 Å². The summed E-state index contributed by atoms with van der Waals surface area (Å²) in [5.41, 5.74) is 0. The maximum absolute atomic E-state index is 12.8. The van der Waals surface area contributed by atoms with Gasteiger partial charge in [0, 0.05) is 6.42 Å². The van der Waals surface area contributed by atoms with Crippen molar-refractivity contribution >= 4 is 13.7 Å². The lowest BCUT2D eigenvalue weighted by Gasteiger charge is -2.26. The fourth-order valence-corrected chi connectivity index (χ4v) is 6.50. The summed E-state index contributed by atoms with van der Waals surface area (Å²) in [4.78, 5) is 23.0. The topological polar surface area (TPSA) is 105 Å². The Bertz CT molecular complexity index is 991. The molecule has 0 bridgehead atoms. The number of nitrogens with one attached hydrogen (secondary N) is 1. The van der Waals surface area contributed by atoms with Gasteiger partial charge in [-0.3, -0.25) is 13.8 Å². The molecule has 1 amide bonds. The Morgan fingerprint density at radius 3 is 1.58 bits per heavy atom. The van der Waals surface area contributed by atoms with Crippen LogP contribution in [-0.2, 0) is 18.4 Å². The maximum atomic E-state index is 12.8. The summed E-state index contributed by atoms with van der Waals surface area (Å²) in [6.45, 7) is 4.70. The number of carbonyl (C=O) groups excluding carboxylic acids is 1. The van der Waals surface area contributed by atoms with E-state index < -0.39 is 20.0 Å². The van der Waals surface area contributed by atoms with E-state index in [1.807, 2.05) is 33.3 Å². The highest BCUT2D eigenvalue weighted by atomic mass is 31.2. The summed E-state index contributed by atoms with van der Waals surface area (Å²) in [7, 11) is 1.57. The highest BCUT2D eigenvalue weighted by Crippen LogP contribution is 2.43. The number of rotatable bonds is 37. The first-order valence-corrected chi connectivity index (χ1v) is 22.5. The molecule has 52 heavy (non-hydrogen) atoms. The number of aliphatic hydroxyl groups excluding tert-OH is 1. The molecule has 0 aromatic heterocycles. The summed E-state index contributed by atoms with van der Waals surface area (Å²) < 4.78 is 23.5. The Morgan fingerprint density at radius 2 is 1.12 bits per heavy atom. The monoisotopic (exact) mass is 754 g/mol. The molecule has 0 aliphatic carbocycles. The number of hydrogen-bond acceptors (Lipinski definition) is 5. The lowest BCUT2D eigenvalue weighted by atomic mass is 10.0. The van der Waals surface area contributed by atoms with Gasteiger partial charge in [0.15, 0.2) is 0 Å².